The minimum Gasteiger partial charge on any atom is -0.486 e. The fourth-order valence-electron chi connectivity index (χ4n) is 2.26. The molecule has 0 amide bonds. The molecule has 1 aliphatic heterocycles. The molecule has 19 heavy (non-hydrogen) atoms. The number of fused-ring (bicyclic) bond motifs is 1. The van der Waals surface area contributed by atoms with Crippen LogP contribution >= 0.6 is 0 Å². The molecule has 0 saturated carbocycles. The summed E-state index contributed by atoms with van der Waals surface area (Å²) in [7, 11) is 0. The lowest BCUT2D eigenvalue weighted by molar-refractivity contribution is -0.136. The Kier molecular flexibility index (Phi) is 3.83. The fraction of sp³-hybridized carbons (Fsp3) is 0.500. The van der Waals surface area contributed by atoms with Gasteiger partial charge >= 0.3 is 5.97 Å². The van der Waals surface area contributed by atoms with Crippen LogP contribution in [0, 0.1) is 5.92 Å². The normalized spacial score (nSPS) is 18.1. The number of carboxylic acid groups (broad SMARTS) is 1. The van der Waals surface area contributed by atoms with Crippen molar-refractivity contribution >= 4 is 17.3 Å². The van der Waals surface area contributed by atoms with Crippen LogP contribution in [0.15, 0.2) is 18.2 Å². The highest BCUT2D eigenvalue weighted by atomic mass is 16.5. The smallest absolute Gasteiger partial charge is 0.305 e. The Morgan fingerprint density at radius 1 is 1.58 bits per heavy atom. The maximum absolute atomic E-state index is 10.8. The number of carbonyl (C=O) groups is 1. The lowest BCUT2D eigenvalue weighted by Crippen LogP contribution is -2.43. The van der Waals surface area contributed by atoms with Gasteiger partial charge < -0.3 is 20.5 Å². The average Bonchev–Trinajstić information content (AvgIpc) is 2.35. The van der Waals surface area contributed by atoms with Crippen molar-refractivity contribution in [2.75, 3.05) is 23.7 Å². The fourth-order valence-corrected chi connectivity index (χ4v) is 2.26. The second-order valence-corrected chi connectivity index (χ2v) is 5.18. The zero-order valence-electron chi connectivity index (χ0n) is 11.3. The number of ether oxygens (including phenoxy) is 1. The molecule has 5 heteroatoms. The van der Waals surface area contributed by atoms with Gasteiger partial charge in [0.1, 0.15) is 17.5 Å². The average molecular weight is 264 g/mol. The van der Waals surface area contributed by atoms with Crippen LogP contribution in [0.1, 0.15) is 20.3 Å². The van der Waals surface area contributed by atoms with Crippen LogP contribution in [-0.4, -0.2) is 30.3 Å². The molecule has 1 aromatic carbocycles. The molecule has 104 valence electrons. The molecular weight excluding hydrogens is 244 g/mol. The van der Waals surface area contributed by atoms with E-state index in [4.69, 9.17) is 15.6 Å². The first kappa shape index (κ1) is 13.5. The maximum atomic E-state index is 10.8. The van der Waals surface area contributed by atoms with Crippen molar-refractivity contribution in [3.05, 3.63) is 18.2 Å². The van der Waals surface area contributed by atoms with Crippen LogP contribution in [0.5, 0.6) is 5.75 Å². The number of aliphatic carboxylic acids is 1. The first-order valence-corrected chi connectivity index (χ1v) is 6.51. The van der Waals surface area contributed by atoms with E-state index in [1.54, 1.807) is 0 Å². The van der Waals surface area contributed by atoms with E-state index in [-0.39, 0.29) is 12.5 Å². The summed E-state index contributed by atoms with van der Waals surface area (Å²) in [6.45, 7) is 5.31. The van der Waals surface area contributed by atoms with Crippen LogP contribution < -0.4 is 15.4 Å². The quantitative estimate of drug-likeness (QED) is 0.813. The zero-order chi connectivity index (χ0) is 14.0. The Labute approximate surface area is 113 Å². The molecule has 1 heterocycles. The van der Waals surface area contributed by atoms with E-state index in [0.717, 1.165) is 11.4 Å². The molecule has 0 saturated heterocycles. The molecule has 5 nitrogen and oxygen atoms in total. The van der Waals surface area contributed by atoms with Crippen molar-refractivity contribution in [3.63, 3.8) is 0 Å². The van der Waals surface area contributed by atoms with Gasteiger partial charge in [-0.25, -0.2) is 0 Å². The van der Waals surface area contributed by atoms with Gasteiger partial charge in [0.05, 0.1) is 18.7 Å². The first-order valence-electron chi connectivity index (χ1n) is 6.51. The standard InChI is InChI=1S/C14H20N2O3/c1-9(2)12-8-16(7-6-13(17)18)14-10(15)4-3-5-11(14)19-12/h3-5,9,12H,6-8,15H2,1-2H3,(H,17,18). The predicted molar refractivity (Wildman–Crippen MR) is 74.6 cm³/mol. The molecule has 0 aliphatic carbocycles. The molecule has 0 spiro atoms. The maximum Gasteiger partial charge on any atom is 0.305 e. The molecule has 1 unspecified atom stereocenters. The predicted octanol–water partition coefficient (Wildman–Crippen LogP) is 1.97. The van der Waals surface area contributed by atoms with E-state index in [1.807, 2.05) is 23.1 Å². The summed E-state index contributed by atoms with van der Waals surface area (Å²) in [5.74, 6) is 0.306. The van der Waals surface area contributed by atoms with E-state index in [2.05, 4.69) is 13.8 Å². The Morgan fingerprint density at radius 2 is 2.32 bits per heavy atom. The third-order valence-corrected chi connectivity index (χ3v) is 3.36. The molecule has 0 aromatic heterocycles. The van der Waals surface area contributed by atoms with Crippen molar-refractivity contribution in [3.8, 4) is 5.75 Å². The molecule has 2 rings (SSSR count). The molecule has 3 N–H and O–H groups in total. The first-order chi connectivity index (χ1) is 8.99. The van der Waals surface area contributed by atoms with Gasteiger partial charge in [0.25, 0.3) is 0 Å². The highest BCUT2D eigenvalue weighted by molar-refractivity contribution is 5.76. The van der Waals surface area contributed by atoms with Crippen LogP contribution in [0.25, 0.3) is 0 Å². The molecule has 0 bridgehead atoms. The lowest BCUT2D eigenvalue weighted by atomic mass is 10.0. The summed E-state index contributed by atoms with van der Waals surface area (Å²) >= 11 is 0. The van der Waals surface area contributed by atoms with Gasteiger partial charge in [-0.3, -0.25) is 4.79 Å². The minimum atomic E-state index is -0.802. The van der Waals surface area contributed by atoms with Crippen LogP contribution in [0.2, 0.25) is 0 Å². The number of hydrogen-bond acceptors (Lipinski definition) is 4. The summed E-state index contributed by atoms with van der Waals surface area (Å²) in [5.41, 5.74) is 7.44. The molecule has 1 aromatic rings. The second-order valence-electron chi connectivity index (χ2n) is 5.18. The third kappa shape index (κ3) is 2.92. The minimum absolute atomic E-state index is 0.0584. The highest BCUT2D eigenvalue weighted by Crippen LogP contribution is 2.39. The molecular formula is C14H20N2O3. The van der Waals surface area contributed by atoms with Crippen LogP contribution in [0.3, 0.4) is 0 Å². The van der Waals surface area contributed by atoms with Crippen molar-refractivity contribution in [1.29, 1.82) is 0 Å². The lowest BCUT2D eigenvalue weighted by Gasteiger charge is -2.38. The number of benzene rings is 1. The summed E-state index contributed by atoms with van der Waals surface area (Å²) in [4.78, 5) is 12.8. The van der Waals surface area contributed by atoms with E-state index in [1.165, 1.54) is 0 Å². The van der Waals surface area contributed by atoms with Gasteiger partial charge in [0.2, 0.25) is 0 Å². The van der Waals surface area contributed by atoms with Gasteiger partial charge in [0, 0.05) is 6.54 Å². The van der Waals surface area contributed by atoms with E-state index in [0.29, 0.717) is 24.7 Å². The van der Waals surface area contributed by atoms with Crippen molar-refractivity contribution in [2.45, 2.75) is 26.4 Å². The van der Waals surface area contributed by atoms with Crippen molar-refractivity contribution in [1.82, 2.24) is 0 Å². The largest absolute Gasteiger partial charge is 0.486 e. The number of carboxylic acids is 1. The summed E-state index contributed by atoms with van der Waals surface area (Å²) in [6.07, 6.45) is 0.154. The van der Waals surface area contributed by atoms with Crippen molar-refractivity contribution in [2.24, 2.45) is 5.92 Å². The van der Waals surface area contributed by atoms with Gasteiger partial charge in [0.15, 0.2) is 0 Å². The van der Waals surface area contributed by atoms with Gasteiger partial charge in [-0.15, -0.1) is 0 Å². The number of hydrogen-bond donors (Lipinski definition) is 2. The van der Waals surface area contributed by atoms with Gasteiger partial charge in [-0.2, -0.15) is 0 Å². The van der Waals surface area contributed by atoms with E-state index in [9.17, 15) is 4.79 Å². The Bertz CT molecular complexity index is 474. The van der Waals surface area contributed by atoms with E-state index >= 15 is 0 Å². The Balaban J connectivity index is 2.28. The number of para-hydroxylation sites is 1. The Morgan fingerprint density at radius 3 is 2.95 bits per heavy atom. The van der Waals surface area contributed by atoms with Gasteiger partial charge in [-0.05, 0) is 18.1 Å². The third-order valence-electron chi connectivity index (χ3n) is 3.36. The van der Waals surface area contributed by atoms with Gasteiger partial charge in [-0.1, -0.05) is 19.9 Å². The summed E-state index contributed by atoms with van der Waals surface area (Å²) < 4.78 is 5.94. The molecule has 1 aliphatic rings. The highest BCUT2D eigenvalue weighted by Gasteiger charge is 2.29. The van der Waals surface area contributed by atoms with E-state index < -0.39 is 5.97 Å². The second kappa shape index (κ2) is 5.38. The topological polar surface area (TPSA) is 75.8 Å². The Hall–Kier alpha value is -1.91. The van der Waals surface area contributed by atoms with Crippen LogP contribution in [-0.2, 0) is 4.79 Å². The number of anilines is 2. The number of nitrogens with zero attached hydrogens (tertiary/aromatic N) is 1. The van der Waals surface area contributed by atoms with Crippen molar-refractivity contribution < 1.29 is 14.6 Å². The summed E-state index contributed by atoms with van der Waals surface area (Å²) in [6, 6.07) is 5.55. The van der Waals surface area contributed by atoms with Crippen LogP contribution in [0.4, 0.5) is 11.4 Å². The zero-order valence-corrected chi connectivity index (χ0v) is 11.3. The SMILES string of the molecule is CC(C)C1CN(CCC(=O)O)c2c(N)cccc2O1. The number of nitrogen functional groups attached to an aromatic ring is 1. The summed E-state index contributed by atoms with van der Waals surface area (Å²) in [5, 5.41) is 8.85. The molecule has 0 radical (unpaired) electrons. The number of nitrogens with two attached hydrogens (primary N) is 1. The molecule has 0 fully saturated rings. The monoisotopic (exact) mass is 264 g/mol. The molecule has 1 atom stereocenters. The number of rotatable bonds is 4.